The van der Waals surface area contributed by atoms with Crippen LogP contribution in [-0.2, 0) is 0 Å². The SMILES string of the molecule is Cc1ccccc1NC(=S)NNC(=S)Nc1ccccc1[N+](=O)[O-]. The summed E-state index contributed by atoms with van der Waals surface area (Å²) in [5.41, 5.74) is 7.54. The molecule has 4 N–H and O–H groups in total. The van der Waals surface area contributed by atoms with Gasteiger partial charge in [-0.2, -0.15) is 0 Å². The molecular formula is C15H15N5O2S2. The molecule has 2 rings (SSSR count). The molecule has 0 atom stereocenters. The van der Waals surface area contributed by atoms with Gasteiger partial charge in [-0.15, -0.1) is 0 Å². The molecule has 0 saturated heterocycles. The van der Waals surface area contributed by atoms with Gasteiger partial charge in [0.2, 0.25) is 0 Å². The van der Waals surface area contributed by atoms with Crippen molar-refractivity contribution in [2.45, 2.75) is 6.92 Å². The smallest absolute Gasteiger partial charge is 0.292 e. The minimum atomic E-state index is -0.483. The van der Waals surface area contributed by atoms with E-state index in [0.717, 1.165) is 11.3 Å². The standard InChI is InChI=1S/C15H15N5O2S2/c1-10-6-2-3-7-11(10)16-14(23)18-19-15(24)17-12-8-4-5-9-13(12)20(21)22/h2-9H,1H3,(H2,16,18,23)(H2,17,19,24). The summed E-state index contributed by atoms with van der Waals surface area (Å²) in [5.74, 6) is 0. The first-order chi connectivity index (χ1) is 11.5. The van der Waals surface area contributed by atoms with E-state index in [-0.39, 0.29) is 10.8 Å². The highest BCUT2D eigenvalue weighted by Crippen LogP contribution is 2.22. The van der Waals surface area contributed by atoms with Gasteiger partial charge in [0.25, 0.3) is 5.69 Å². The molecule has 0 amide bonds. The Labute approximate surface area is 149 Å². The fraction of sp³-hybridized carbons (Fsp3) is 0.0667. The van der Waals surface area contributed by atoms with E-state index in [1.165, 1.54) is 6.07 Å². The second kappa shape index (κ2) is 8.18. The molecule has 0 heterocycles. The maximum absolute atomic E-state index is 11.0. The molecular weight excluding hydrogens is 346 g/mol. The Bertz CT molecular complexity index is 782. The summed E-state index contributed by atoms with van der Waals surface area (Å²) >= 11 is 10.3. The Kier molecular flexibility index (Phi) is 5.99. The summed E-state index contributed by atoms with van der Waals surface area (Å²) in [6.45, 7) is 1.96. The number of thiocarbonyl (C=S) groups is 2. The largest absolute Gasteiger partial charge is 0.331 e. The molecule has 0 fully saturated rings. The number of hydrogen-bond donors (Lipinski definition) is 4. The van der Waals surface area contributed by atoms with Crippen LogP contribution in [0.1, 0.15) is 5.56 Å². The molecule has 0 bridgehead atoms. The molecule has 124 valence electrons. The number of nitro benzene ring substituents is 1. The van der Waals surface area contributed by atoms with Gasteiger partial charge < -0.3 is 10.6 Å². The zero-order valence-electron chi connectivity index (χ0n) is 12.7. The van der Waals surface area contributed by atoms with Gasteiger partial charge in [0.15, 0.2) is 10.2 Å². The van der Waals surface area contributed by atoms with Crippen molar-refractivity contribution in [3.8, 4) is 0 Å². The number of nitrogens with one attached hydrogen (secondary N) is 4. The van der Waals surface area contributed by atoms with Crippen LogP contribution in [0.15, 0.2) is 48.5 Å². The predicted octanol–water partition coefficient (Wildman–Crippen LogP) is 3.09. The lowest BCUT2D eigenvalue weighted by atomic mass is 10.2. The fourth-order valence-electron chi connectivity index (χ4n) is 1.87. The molecule has 0 aliphatic carbocycles. The summed E-state index contributed by atoms with van der Waals surface area (Å²) in [6, 6.07) is 13.9. The molecule has 0 saturated carbocycles. The number of nitro groups is 1. The Morgan fingerprint density at radius 1 is 0.917 bits per heavy atom. The lowest BCUT2D eigenvalue weighted by Crippen LogP contribution is -2.45. The molecule has 9 heteroatoms. The molecule has 0 radical (unpaired) electrons. The van der Waals surface area contributed by atoms with Crippen LogP contribution in [0.2, 0.25) is 0 Å². The number of anilines is 2. The zero-order valence-corrected chi connectivity index (χ0v) is 14.3. The number of para-hydroxylation sites is 3. The van der Waals surface area contributed by atoms with E-state index in [2.05, 4.69) is 21.5 Å². The quantitative estimate of drug-likeness (QED) is 0.377. The van der Waals surface area contributed by atoms with Crippen molar-refractivity contribution in [1.82, 2.24) is 10.9 Å². The first-order valence-electron chi connectivity index (χ1n) is 6.90. The van der Waals surface area contributed by atoms with E-state index in [1.54, 1.807) is 18.2 Å². The van der Waals surface area contributed by atoms with E-state index in [0.29, 0.717) is 10.8 Å². The molecule has 2 aromatic carbocycles. The molecule has 0 aliphatic rings. The van der Waals surface area contributed by atoms with Crippen molar-refractivity contribution in [2.75, 3.05) is 10.6 Å². The molecule has 0 unspecified atom stereocenters. The zero-order chi connectivity index (χ0) is 17.5. The van der Waals surface area contributed by atoms with E-state index < -0.39 is 4.92 Å². The van der Waals surface area contributed by atoms with Crippen LogP contribution < -0.4 is 21.5 Å². The molecule has 2 aromatic rings. The second-order valence-electron chi connectivity index (χ2n) is 4.75. The van der Waals surface area contributed by atoms with Crippen LogP contribution in [0.5, 0.6) is 0 Å². The van der Waals surface area contributed by atoms with Crippen molar-refractivity contribution in [1.29, 1.82) is 0 Å². The third-order valence-electron chi connectivity index (χ3n) is 3.03. The fourth-order valence-corrected chi connectivity index (χ4v) is 2.19. The summed E-state index contributed by atoms with van der Waals surface area (Å²) in [7, 11) is 0. The highest BCUT2D eigenvalue weighted by molar-refractivity contribution is 7.81. The van der Waals surface area contributed by atoms with E-state index in [4.69, 9.17) is 24.4 Å². The topological polar surface area (TPSA) is 91.3 Å². The minimum absolute atomic E-state index is 0.0674. The van der Waals surface area contributed by atoms with Gasteiger partial charge in [0.05, 0.1) is 4.92 Å². The summed E-state index contributed by atoms with van der Waals surface area (Å²) < 4.78 is 0. The summed E-state index contributed by atoms with van der Waals surface area (Å²) in [6.07, 6.45) is 0. The normalized spacial score (nSPS) is 9.71. The van der Waals surface area contributed by atoms with Crippen LogP contribution in [-0.4, -0.2) is 15.1 Å². The van der Waals surface area contributed by atoms with Gasteiger partial charge in [-0.3, -0.25) is 21.0 Å². The van der Waals surface area contributed by atoms with Crippen LogP contribution in [0.3, 0.4) is 0 Å². The Morgan fingerprint density at radius 3 is 2.00 bits per heavy atom. The van der Waals surface area contributed by atoms with Gasteiger partial charge >= 0.3 is 0 Å². The lowest BCUT2D eigenvalue weighted by Gasteiger charge is -2.15. The van der Waals surface area contributed by atoms with E-state index >= 15 is 0 Å². The van der Waals surface area contributed by atoms with E-state index in [9.17, 15) is 10.1 Å². The third-order valence-corrected chi connectivity index (χ3v) is 3.44. The maximum atomic E-state index is 11.0. The average molecular weight is 361 g/mol. The van der Waals surface area contributed by atoms with Gasteiger partial charge in [0, 0.05) is 11.8 Å². The highest BCUT2D eigenvalue weighted by Gasteiger charge is 2.13. The van der Waals surface area contributed by atoms with Crippen molar-refractivity contribution in [3.63, 3.8) is 0 Å². The molecule has 0 spiro atoms. The predicted molar refractivity (Wildman–Crippen MR) is 103 cm³/mol. The first-order valence-corrected chi connectivity index (χ1v) is 7.72. The molecule has 7 nitrogen and oxygen atoms in total. The Morgan fingerprint density at radius 2 is 1.42 bits per heavy atom. The van der Waals surface area contributed by atoms with Crippen LogP contribution in [0, 0.1) is 17.0 Å². The van der Waals surface area contributed by atoms with Crippen LogP contribution in [0.25, 0.3) is 0 Å². The number of nitrogens with zero attached hydrogens (tertiary/aromatic N) is 1. The maximum Gasteiger partial charge on any atom is 0.292 e. The van der Waals surface area contributed by atoms with Crippen molar-refractivity contribution in [3.05, 3.63) is 64.2 Å². The molecule has 24 heavy (non-hydrogen) atoms. The number of hydrazine groups is 1. The van der Waals surface area contributed by atoms with Crippen LogP contribution in [0.4, 0.5) is 17.1 Å². The van der Waals surface area contributed by atoms with Crippen molar-refractivity contribution in [2.24, 2.45) is 0 Å². The van der Waals surface area contributed by atoms with Crippen molar-refractivity contribution < 1.29 is 4.92 Å². The second-order valence-corrected chi connectivity index (χ2v) is 5.56. The monoisotopic (exact) mass is 361 g/mol. The minimum Gasteiger partial charge on any atom is -0.331 e. The molecule has 0 aliphatic heterocycles. The molecule has 0 aromatic heterocycles. The van der Waals surface area contributed by atoms with E-state index in [1.807, 2.05) is 31.2 Å². The Balaban J connectivity index is 1.89. The van der Waals surface area contributed by atoms with Gasteiger partial charge in [0.1, 0.15) is 5.69 Å². The lowest BCUT2D eigenvalue weighted by molar-refractivity contribution is -0.383. The average Bonchev–Trinajstić information content (AvgIpc) is 2.55. The van der Waals surface area contributed by atoms with Crippen LogP contribution >= 0.6 is 24.4 Å². The summed E-state index contributed by atoms with van der Waals surface area (Å²) in [5, 5.41) is 17.2. The van der Waals surface area contributed by atoms with Gasteiger partial charge in [-0.1, -0.05) is 30.3 Å². The Hall–Kier alpha value is -2.78. The highest BCUT2D eigenvalue weighted by atomic mass is 32.1. The summed E-state index contributed by atoms with van der Waals surface area (Å²) in [4.78, 5) is 10.5. The first kappa shape index (κ1) is 17.6. The van der Waals surface area contributed by atoms with Crippen molar-refractivity contribution >= 4 is 51.7 Å². The number of benzene rings is 2. The van der Waals surface area contributed by atoms with Gasteiger partial charge in [-0.25, -0.2) is 0 Å². The number of rotatable bonds is 3. The number of hydrogen-bond acceptors (Lipinski definition) is 4. The number of aryl methyl sites for hydroxylation is 1. The third kappa shape index (κ3) is 4.86. The van der Waals surface area contributed by atoms with Gasteiger partial charge in [-0.05, 0) is 49.1 Å².